The number of para-hydroxylation sites is 1. The maximum absolute atomic E-state index is 11.4. The van der Waals surface area contributed by atoms with Crippen molar-refractivity contribution in [3.05, 3.63) is 30.3 Å². The summed E-state index contributed by atoms with van der Waals surface area (Å²) < 4.78 is 10.2. The van der Waals surface area contributed by atoms with E-state index in [2.05, 4.69) is 21.2 Å². The summed E-state index contributed by atoms with van der Waals surface area (Å²) in [5, 5.41) is 2.75. The molecule has 0 saturated carbocycles. The molecule has 1 amide bonds. The van der Waals surface area contributed by atoms with Crippen LogP contribution in [0.25, 0.3) is 0 Å². The molecule has 5 heteroatoms. The van der Waals surface area contributed by atoms with Crippen LogP contribution >= 0.6 is 15.9 Å². The Kier molecular flexibility index (Phi) is 6.65. The number of hydrogen-bond donors (Lipinski definition) is 1. The molecule has 1 rings (SSSR count). The fourth-order valence-electron chi connectivity index (χ4n) is 1.18. The lowest BCUT2D eigenvalue weighted by Gasteiger charge is -2.10. The first-order chi connectivity index (χ1) is 8.22. The number of ether oxygens (including phenoxy) is 2. The van der Waals surface area contributed by atoms with Crippen LogP contribution in [0.3, 0.4) is 0 Å². The van der Waals surface area contributed by atoms with Gasteiger partial charge in [-0.25, -0.2) is 0 Å². The quantitative estimate of drug-likeness (QED) is 0.778. The molecule has 0 heterocycles. The molecule has 1 aromatic rings. The van der Waals surface area contributed by atoms with Crippen LogP contribution in [0, 0.1) is 0 Å². The summed E-state index contributed by atoms with van der Waals surface area (Å²) in [7, 11) is 1.62. The van der Waals surface area contributed by atoms with Crippen LogP contribution in [-0.4, -0.2) is 37.6 Å². The second-order valence-electron chi connectivity index (χ2n) is 3.46. The highest BCUT2D eigenvalue weighted by molar-refractivity contribution is 9.09. The van der Waals surface area contributed by atoms with Crippen molar-refractivity contribution in [3.8, 4) is 5.75 Å². The summed E-state index contributed by atoms with van der Waals surface area (Å²) in [6, 6.07) is 9.24. The standard InChI is InChI=1S/C12H16BrNO3/c1-16-8-10(13)7-14-12(15)9-17-11-5-3-2-4-6-11/h2-6,10H,7-9H2,1H3,(H,14,15). The van der Waals surface area contributed by atoms with Gasteiger partial charge in [0.1, 0.15) is 5.75 Å². The molecule has 0 bridgehead atoms. The Morgan fingerprint density at radius 2 is 2.12 bits per heavy atom. The van der Waals surface area contributed by atoms with Gasteiger partial charge in [0.2, 0.25) is 0 Å². The first kappa shape index (κ1) is 14.0. The molecule has 17 heavy (non-hydrogen) atoms. The van der Waals surface area contributed by atoms with Gasteiger partial charge in [0.15, 0.2) is 6.61 Å². The van der Waals surface area contributed by atoms with Crippen LogP contribution in [0.2, 0.25) is 0 Å². The van der Waals surface area contributed by atoms with E-state index >= 15 is 0 Å². The average Bonchev–Trinajstić information content (AvgIpc) is 2.35. The Hall–Kier alpha value is -1.07. The minimum atomic E-state index is -0.144. The van der Waals surface area contributed by atoms with E-state index in [4.69, 9.17) is 9.47 Å². The van der Waals surface area contributed by atoms with E-state index in [1.165, 1.54) is 0 Å². The molecular formula is C12H16BrNO3. The Morgan fingerprint density at radius 3 is 2.76 bits per heavy atom. The number of benzene rings is 1. The molecule has 1 atom stereocenters. The largest absolute Gasteiger partial charge is 0.484 e. The van der Waals surface area contributed by atoms with Crippen molar-refractivity contribution >= 4 is 21.8 Å². The number of nitrogens with one attached hydrogen (secondary N) is 1. The van der Waals surface area contributed by atoms with Gasteiger partial charge in [-0.05, 0) is 12.1 Å². The fraction of sp³-hybridized carbons (Fsp3) is 0.417. The van der Waals surface area contributed by atoms with Crippen molar-refractivity contribution in [3.63, 3.8) is 0 Å². The van der Waals surface area contributed by atoms with E-state index in [-0.39, 0.29) is 17.3 Å². The lowest BCUT2D eigenvalue weighted by atomic mass is 10.3. The summed E-state index contributed by atoms with van der Waals surface area (Å²) in [5.41, 5.74) is 0. The summed E-state index contributed by atoms with van der Waals surface area (Å²) in [4.78, 5) is 11.5. The third kappa shape index (κ3) is 6.28. The van der Waals surface area contributed by atoms with Gasteiger partial charge in [0.05, 0.1) is 11.4 Å². The van der Waals surface area contributed by atoms with Crippen molar-refractivity contribution in [2.45, 2.75) is 4.83 Å². The molecule has 1 aromatic carbocycles. The first-order valence-corrected chi connectivity index (χ1v) is 6.21. The normalized spacial score (nSPS) is 11.9. The molecule has 0 fully saturated rings. The van der Waals surface area contributed by atoms with Crippen LogP contribution in [0.15, 0.2) is 30.3 Å². The molecule has 0 spiro atoms. The van der Waals surface area contributed by atoms with Crippen molar-refractivity contribution < 1.29 is 14.3 Å². The van der Waals surface area contributed by atoms with Crippen molar-refractivity contribution in [1.29, 1.82) is 0 Å². The Bertz CT molecular complexity index is 332. The average molecular weight is 302 g/mol. The van der Waals surface area contributed by atoms with Gasteiger partial charge >= 0.3 is 0 Å². The van der Waals surface area contributed by atoms with Gasteiger partial charge in [-0.1, -0.05) is 34.1 Å². The monoisotopic (exact) mass is 301 g/mol. The van der Waals surface area contributed by atoms with E-state index in [0.29, 0.717) is 18.9 Å². The highest BCUT2D eigenvalue weighted by Gasteiger charge is 2.07. The van der Waals surface area contributed by atoms with Gasteiger partial charge in [-0.15, -0.1) is 0 Å². The Balaban J connectivity index is 2.17. The number of rotatable bonds is 7. The molecule has 0 saturated heterocycles. The van der Waals surface area contributed by atoms with Gasteiger partial charge in [-0.2, -0.15) is 0 Å². The first-order valence-electron chi connectivity index (χ1n) is 5.30. The van der Waals surface area contributed by atoms with Crippen LogP contribution < -0.4 is 10.1 Å². The van der Waals surface area contributed by atoms with Crippen molar-refractivity contribution in [2.24, 2.45) is 0 Å². The van der Waals surface area contributed by atoms with E-state index < -0.39 is 0 Å². The van der Waals surface area contributed by atoms with E-state index in [1.54, 1.807) is 7.11 Å². The minimum Gasteiger partial charge on any atom is -0.484 e. The van der Waals surface area contributed by atoms with E-state index in [1.807, 2.05) is 30.3 Å². The molecule has 0 aliphatic heterocycles. The predicted molar refractivity (Wildman–Crippen MR) is 69.5 cm³/mol. The van der Waals surface area contributed by atoms with Gasteiger partial charge < -0.3 is 14.8 Å². The molecule has 1 unspecified atom stereocenters. The number of alkyl halides is 1. The van der Waals surface area contributed by atoms with Gasteiger partial charge in [-0.3, -0.25) is 4.79 Å². The molecule has 0 aliphatic carbocycles. The SMILES string of the molecule is COCC(Br)CNC(=O)COc1ccccc1. The second kappa shape index (κ2) is 8.08. The number of hydrogen-bond acceptors (Lipinski definition) is 3. The molecule has 0 radical (unpaired) electrons. The lowest BCUT2D eigenvalue weighted by Crippen LogP contribution is -2.34. The summed E-state index contributed by atoms with van der Waals surface area (Å²) >= 11 is 3.38. The van der Waals surface area contributed by atoms with E-state index in [9.17, 15) is 4.79 Å². The zero-order valence-electron chi connectivity index (χ0n) is 9.69. The number of carbonyl (C=O) groups is 1. The molecule has 94 valence electrons. The lowest BCUT2D eigenvalue weighted by molar-refractivity contribution is -0.123. The third-order valence-electron chi connectivity index (χ3n) is 1.98. The highest BCUT2D eigenvalue weighted by Crippen LogP contribution is 2.07. The van der Waals surface area contributed by atoms with Crippen LogP contribution in [0.5, 0.6) is 5.75 Å². The predicted octanol–water partition coefficient (Wildman–Crippen LogP) is 1.59. The minimum absolute atomic E-state index is 0.0245. The number of carbonyl (C=O) groups excluding carboxylic acids is 1. The number of amides is 1. The second-order valence-corrected chi connectivity index (χ2v) is 4.75. The molecule has 0 aromatic heterocycles. The molecule has 0 aliphatic rings. The molecule has 1 N–H and O–H groups in total. The van der Waals surface area contributed by atoms with Crippen molar-refractivity contribution in [1.82, 2.24) is 5.32 Å². The van der Waals surface area contributed by atoms with Gasteiger partial charge in [0, 0.05) is 13.7 Å². The molecule has 4 nitrogen and oxygen atoms in total. The van der Waals surface area contributed by atoms with E-state index in [0.717, 1.165) is 0 Å². The zero-order valence-corrected chi connectivity index (χ0v) is 11.3. The van der Waals surface area contributed by atoms with Gasteiger partial charge in [0.25, 0.3) is 5.91 Å². The maximum atomic E-state index is 11.4. The highest BCUT2D eigenvalue weighted by atomic mass is 79.9. The van der Waals surface area contributed by atoms with Crippen LogP contribution in [0.1, 0.15) is 0 Å². The van der Waals surface area contributed by atoms with Crippen LogP contribution in [0.4, 0.5) is 0 Å². The topological polar surface area (TPSA) is 47.6 Å². The Morgan fingerprint density at radius 1 is 1.41 bits per heavy atom. The smallest absolute Gasteiger partial charge is 0.257 e. The Labute approximate surface area is 109 Å². The fourth-order valence-corrected chi connectivity index (χ4v) is 1.61. The summed E-state index contributed by atoms with van der Waals surface area (Å²) in [5.74, 6) is 0.546. The molecular weight excluding hydrogens is 286 g/mol. The summed E-state index contributed by atoms with van der Waals surface area (Å²) in [6.45, 7) is 1.10. The number of methoxy groups -OCH3 is 1. The summed E-state index contributed by atoms with van der Waals surface area (Å²) in [6.07, 6.45) is 0. The zero-order chi connectivity index (χ0) is 12.5. The third-order valence-corrected chi connectivity index (χ3v) is 2.57. The van der Waals surface area contributed by atoms with Crippen LogP contribution in [-0.2, 0) is 9.53 Å². The number of halogens is 1. The maximum Gasteiger partial charge on any atom is 0.257 e. The van der Waals surface area contributed by atoms with Crippen molar-refractivity contribution in [2.75, 3.05) is 26.9 Å².